The first-order chi connectivity index (χ1) is 9.70. The van der Waals surface area contributed by atoms with Crippen LogP contribution in [0, 0.1) is 11.8 Å². The number of aromatic nitrogens is 1. The van der Waals surface area contributed by atoms with E-state index in [1.54, 1.807) is 6.08 Å². The Morgan fingerprint density at radius 3 is 3.15 bits per heavy atom. The van der Waals surface area contributed by atoms with E-state index in [2.05, 4.69) is 12.1 Å². The van der Waals surface area contributed by atoms with Gasteiger partial charge in [-0.3, -0.25) is 4.79 Å². The highest BCUT2D eigenvalue weighted by Crippen LogP contribution is 2.39. The molecule has 1 heterocycles. The van der Waals surface area contributed by atoms with Gasteiger partial charge in [-0.25, -0.2) is 0 Å². The average molecular weight is 277 g/mol. The second kappa shape index (κ2) is 5.40. The maximum Gasteiger partial charge on any atom is 0.265 e. The van der Waals surface area contributed by atoms with Crippen molar-refractivity contribution in [3.8, 4) is 5.88 Å². The number of rotatable bonds is 4. The lowest BCUT2D eigenvalue weighted by atomic mass is 9.72. The molecule has 108 valence electrons. The lowest BCUT2D eigenvalue weighted by Gasteiger charge is -2.31. The van der Waals surface area contributed by atoms with E-state index in [9.17, 15) is 9.90 Å². The van der Waals surface area contributed by atoms with Gasteiger partial charge >= 0.3 is 0 Å². The second-order valence-corrected chi connectivity index (χ2v) is 5.51. The van der Waals surface area contributed by atoms with Crippen molar-refractivity contribution in [2.45, 2.75) is 38.7 Å². The highest BCUT2D eigenvalue weighted by atomic mass is 16.5. The highest BCUT2D eigenvalue weighted by molar-refractivity contribution is 6.02. The summed E-state index contributed by atoms with van der Waals surface area (Å²) < 4.78 is 10.8. The van der Waals surface area contributed by atoms with Crippen LogP contribution in [0.2, 0.25) is 0 Å². The quantitative estimate of drug-likeness (QED) is 0.674. The van der Waals surface area contributed by atoms with Crippen LogP contribution in [0.4, 0.5) is 0 Å². The molecule has 1 aromatic heterocycles. The number of allylic oxidation sites excluding steroid dienone is 1. The number of aliphatic hydroxyl groups is 1. The third kappa shape index (κ3) is 2.26. The normalized spacial score (nSPS) is 28.1. The summed E-state index contributed by atoms with van der Waals surface area (Å²) in [5.74, 6) is 0.849. The van der Waals surface area contributed by atoms with Crippen LogP contribution in [-0.2, 0) is 6.42 Å². The lowest BCUT2D eigenvalue weighted by Crippen LogP contribution is -2.35. The minimum Gasteiger partial charge on any atom is -0.475 e. The van der Waals surface area contributed by atoms with Crippen LogP contribution in [0.1, 0.15) is 42.3 Å². The standard InChI is InChI=1S/C15H19NO4/c1-2-3-6-19-15-13-12(20-16-15)7-9-4-5-10(17)8-11(9)14(13)18/h4-5,9-11,17H,2-3,6-8H2,1H3/t9?,10-,11?/m1/s1. The highest BCUT2D eigenvalue weighted by Gasteiger charge is 2.41. The van der Waals surface area contributed by atoms with Crippen molar-refractivity contribution < 1.29 is 19.2 Å². The molecule has 3 atom stereocenters. The van der Waals surface area contributed by atoms with Crippen molar-refractivity contribution in [2.24, 2.45) is 11.8 Å². The number of Topliss-reactive ketones (excluding diaryl/α,β-unsaturated/α-hetero) is 1. The van der Waals surface area contributed by atoms with E-state index >= 15 is 0 Å². The first kappa shape index (κ1) is 13.4. The van der Waals surface area contributed by atoms with Crippen molar-refractivity contribution in [2.75, 3.05) is 6.61 Å². The molecular weight excluding hydrogens is 258 g/mol. The Kier molecular flexibility index (Phi) is 3.61. The Balaban J connectivity index is 1.84. The largest absolute Gasteiger partial charge is 0.475 e. The fourth-order valence-electron chi connectivity index (χ4n) is 2.93. The van der Waals surface area contributed by atoms with Crippen molar-refractivity contribution in [3.63, 3.8) is 0 Å². The molecule has 1 N–H and O–H groups in total. The Hall–Kier alpha value is -1.62. The topological polar surface area (TPSA) is 72.6 Å². The summed E-state index contributed by atoms with van der Waals surface area (Å²) in [4.78, 5) is 12.6. The van der Waals surface area contributed by atoms with Gasteiger partial charge in [0.1, 0.15) is 5.56 Å². The predicted molar refractivity (Wildman–Crippen MR) is 71.7 cm³/mol. The average Bonchev–Trinajstić information content (AvgIpc) is 2.84. The number of carbonyl (C=O) groups is 1. The zero-order valence-electron chi connectivity index (χ0n) is 11.5. The predicted octanol–water partition coefficient (Wildman–Crippen LogP) is 2.15. The molecule has 0 radical (unpaired) electrons. The number of carbonyl (C=O) groups excluding carboxylic acids is 1. The van der Waals surface area contributed by atoms with Gasteiger partial charge < -0.3 is 14.4 Å². The maximum atomic E-state index is 12.6. The molecule has 2 aliphatic rings. The first-order valence-corrected chi connectivity index (χ1v) is 7.22. The minimum atomic E-state index is -0.536. The van der Waals surface area contributed by atoms with E-state index < -0.39 is 6.10 Å². The monoisotopic (exact) mass is 277 g/mol. The Labute approximate surface area is 117 Å². The number of fused-ring (bicyclic) bond motifs is 2. The van der Waals surface area contributed by atoms with Crippen molar-refractivity contribution in [3.05, 3.63) is 23.5 Å². The maximum absolute atomic E-state index is 12.6. The molecule has 3 rings (SSSR count). The van der Waals surface area contributed by atoms with Crippen LogP contribution >= 0.6 is 0 Å². The summed E-state index contributed by atoms with van der Waals surface area (Å²) in [6.45, 7) is 2.62. The lowest BCUT2D eigenvalue weighted by molar-refractivity contribution is 0.0771. The van der Waals surface area contributed by atoms with Crippen molar-refractivity contribution in [1.29, 1.82) is 0 Å². The molecule has 0 aliphatic heterocycles. The van der Waals surface area contributed by atoms with Crippen LogP contribution in [0.5, 0.6) is 5.88 Å². The molecule has 0 saturated heterocycles. The number of ether oxygens (including phenoxy) is 1. The summed E-state index contributed by atoms with van der Waals surface area (Å²) in [6, 6.07) is 0. The Bertz CT molecular complexity index is 534. The van der Waals surface area contributed by atoms with Gasteiger partial charge in [0.25, 0.3) is 5.88 Å². The third-order valence-electron chi connectivity index (χ3n) is 4.07. The van der Waals surface area contributed by atoms with E-state index in [4.69, 9.17) is 9.26 Å². The zero-order valence-corrected chi connectivity index (χ0v) is 11.5. The summed E-state index contributed by atoms with van der Waals surface area (Å²) in [5.41, 5.74) is 0.491. The molecule has 2 aliphatic carbocycles. The molecule has 5 heteroatoms. The molecular formula is C15H19NO4. The summed E-state index contributed by atoms with van der Waals surface area (Å²) in [7, 11) is 0. The molecule has 0 spiro atoms. The van der Waals surface area contributed by atoms with Crippen LogP contribution in [0.15, 0.2) is 16.7 Å². The second-order valence-electron chi connectivity index (χ2n) is 5.51. The number of hydrogen-bond acceptors (Lipinski definition) is 5. The first-order valence-electron chi connectivity index (χ1n) is 7.22. The smallest absolute Gasteiger partial charge is 0.265 e. The van der Waals surface area contributed by atoms with Crippen molar-refractivity contribution >= 4 is 5.78 Å². The number of hydrogen-bond donors (Lipinski definition) is 1. The molecule has 0 bridgehead atoms. The van der Waals surface area contributed by atoms with Gasteiger partial charge in [0.2, 0.25) is 0 Å². The summed E-state index contributed by atoms with van der Waals surface area (Å²) in [5, 5.41) is 13.6. The van der Waals surface area contributed by atoms with E-state index in [0.29, 0.717) is 36.7 Å². The molecule has 0 saturated carbocycles. The molecule has 1 aromatic rings. The summed E-state index contributed by atoms with van der Waals surface area (Å²) >= 11 is 0. The minimum absolute atomic E-state index is 0.00704. The van der Waals surface area contributed by atoms with Gasteiger partial charge in [-0.2, -0.15) is 0 Å². The molecule has 0 aromatic carbocycles. The molecule has 20 heavy (non-hydrogen) atoms. The number of aliphatic hydroxyl groups excluding tert-OH is 1. The molecule has 0 fully saturated rings. The van der Waals surface area contributed by atoms with Crippen molar-refractivity contribution in [1.82, 2.24) is 5.16 Å². The number of unbranched alkanes of at least 4 members (excludes halogenated alkanes) is 1. The van der Waals surface area contributed by atoms with Gasteiger partial charge in [-0.05, 0) is 23.9 Å². The number of ketones is 1. The SMILES string of the molecule is CCCCOc1noc2c1C(=O)C1C[C@H](O)C=CC1C2. The van der Waals surface area contributed by atoms with Gasteiger partial charge in [0.15, 0.2) is 11.5 Å². The Morgan fingerprint density at radius 1 is 1.50 bits per heavy atom. The van der Waals surface area contributed by atoms with E-state index in [1.807, 2.05) is 6.08 Å². The van der Waals surface area contributed by atoms with Gasteiger partial charge in [0.05, 0.1) is 12.7 Å². The Morgan fingerprint density at radius 2 is 2.35 bits per heavy atom. The fraction of sp³-hybridized carbons (Fsp3) is 0.600. The van der Waals surface area contributed by atoms with Gasteiger partial charge in [-0.1, -0.05) is 25.5 Å². The number of nitrogens with zero attached hydrogens (tertiary/aromatic N) is 1. The summed E-state index contributed by atoms with van der Waals surface area (Å²) in [6.07, 6.45) is 6.21. The molecule has 2 unspecified atom stereocenters. The fourth-order valence-corrected chi connectivity index (χ4v) is 2.93. The van der Waals surface area contributed by atoms with E-state index in [1.165, 1.54) is 0 Å². The van der Waals surface area contributed by atoms with Gasteiger partial charge in [-0.15, -0.1) is 0 Å². The molecule has 0 amide bonds. The third-order valence-corrected chi connectivity index (χ3v) is 4.07. The van der Waals surface area contributed by atoms with Crippen LogP contribution < -0.4 is 4.74 Å². The van der Waals surface area contributed by atoms with E-state index in [-0.39, 0.29) is 17.6 Å². The van der Waals surface area contributed by atoms with Crippen LogP contribution in [-0.4, -0.2) is 28.8 Å². The zero-order chi connectivity index (χ0) is 14.1. The van der Waals surface area contributed by atoms with Crippen LogP contribution in [0.3, 0.4) is 0 Å². The van der Waals surface area contributed by atoms with Crippen LogP contribution in [0.25, 0.3) is 0 Å². The van der Waals surface area contributed by atoms with E-state index in [0.717, 1.165) is 12.8 Å². The molecule has 5 nitrogen and oxygen atoms in total. The van der Waals surface area contributed by atoms with Gasteiger partial charge in [0, 0.05) is 12.3 Å².